The van der Waals surface area contributed by atoms with Crippen LogP contribution in [-0.4, -0.2) is 20.4 Å². The number of carbonyl (C=O) groups is 1. The Hall–Kier alpha value is -2.44. The fourth-order valence-corrected chi connectivity index (χ4v) is 3.54. The van der Waals surface area contributed by atoms with E-state index in [4.69, 9.17) is 23.2 Å². The van der Waals surface area contributed by atoms with Gasteiger partial charge in [-0.25, -0.2) is 9.97 Å². The van der Waals surface area contributed by atoms with Crippen LogP contribution in [0.4, 0.5) is 0 Å². The van der Waals surface area contributed by atoms with Crippen molar-refractivity contribution in [3.63, 3.8) is 0 Å². The molecule has 6 nitrogen and oxygen atoms in total. The van der Waals surface area contributed by atoms with Gasteiger partial charge in [-0.15, -0.1) is 0 Å². The third-order valence-electron chi connectivity index (χ3n) is 4.71. The normalized spacial score (nSPS) is 14.2. The molecule has 1 aromatic carbocycles. The first-order valence-corrected chi connectivity index (χ1v) is 9.35. The number of fused-ring (bicyclic) bond motifs is 2. The highest BCUT2D eigenvalue weighted by Gasteiger charge is 2.19. The van der Waals surface area contributed by atoms with Crippen LogP contribution in [0.5, 0.6) is 0 Å². The minimum absolute atomic E-state index is 0.149. The second kappa shape index (κ2) is 6.94. The second-order valence-electron chi connectivity index (χ2n) is 6.55. The summed E-state index contributed by atoms with van der Waals surface area (Å²) in [6.07, 6.45) is 3.06. The number of nitrogens with one attached hydrogen (secondary N) is 1. The first-order valence-electron chi connectivity index (χ1n) is 8.59. The van der Waals surface area contributed by atoms with Gasteiger partial charge >= 0.3 is 0 Å². The Kier molecular flexibility index (Phi) is 4.61. The lowest BCUT2D eigenvalue weighted by Crippen LogP contribution is -2.27. The van der Waals surface area contributed by atoms with Gasteiger partial charge in [0.2, 0.25) is 0 Å². The highest BCUT2D eigenvalue weighted by Crippen LogP contribution is 2.25. The molecule has 1 unspecified atom stereocenters. The zero-order chi connectivity index (χ0) is 19.1. The summed E-state index contributed by atoms with van der Waals surface area (Å²) in [4.78, 5) is 33.8. The van der Waals surface area contributed by atoms with E-state index in [1.165, 1.54) is 6.20 Å². The van der Waals surface area contributed by atoms with Gasteiger partial charge in [-0.2, -0.15) is 0 Å². The molecule has 1 aliphatic heterocycles. The van der Waals surface area contributed by atoms with E-state index in [1.807, 2.05) is 13.0 Å². The number of hydrogen-bond acceptors (Lipinski definition) is 4. The van der Waals surface area contributed by atoms with Crippen LogP contribution in [0.15, 0.2) is 35.3 Å². The molecule has 0 radical (unpaired) electrons. The van der Waals surface area contributed by atoms with Crippen molar-refractivity contribution in [2.24, 2.45) is 0 Å². The van der Waals surface area contributed by atoms with Crippen molar-refractivity contribution < 1.29 is 4.79 Å². The van der Waals surface area contributed by atoms with E-state index < -0.39 is 0 Å². The predicted octanol–water partition coefficient (Wildman–Crippen LogP) is 3.54. The number of hydrogen-bond donors (Lipinski definition) is 1. The third kappa shape index (κ3) is 3.31. The van der Waals surface area contributed by atoms with Gasteiger partial charge < -0.3 is 5.32 Å². The minimum Gasteiger partial charge on any atom is -0.345 e. The van der Waals surface area contributed by atoms with Gasteiger partial charge in [0.1, 0.15) is 5.82 Å². The van der Waals surface area contributed by atoms with Crippen molar-refractivity contribution in [1.29, 1.82) is 0 Å². The Morgan fingerprint density at radius 3 is 2.85 bits per heavy atom. The van der Waals surface area contributed by atoms with Gasteiger partial charge in [-0.05, 0) is 37.1 Å². The molecule has 0 bridgehead atoms. The van der Waals surface area contributed by atoms with Crippen LogP contribution in [0.2, 0.25) is 10.0 Å². The number of rotatable bonds is 3. The van der Waals surface area contributed by atoms with Crippen molar-refractivity contribution >= 4 is 40.1 Å². The molecule has 3 aromatic rings. The lowest BCUT2D eigenvalue weighted by Gasteiger charge is -2.15. The highest BCUT2D eigenvalue weighted by molar-refractivity contribution is 6.42. The third-order valence-corrected chi connectivity index (χ3v) is 5.45. The fourth-order valence-electron chi connectivity index (χ4n) is 3.23. The van der Waals surface area contributed by atoms with E-state index in [1.54, 1.807) is 22.8 Å². The summed E-state index contributed by atoms with van der Waals surface area (Å²) >= 11 is 12.0. The van der Waals surface area contributed by atoms with E-state index >= 15 is 0 Å². The van der Waals surface area contributed by atoms with Crippen molar-refractivity contribution in [2.45, 2.75) is 32.4 Å². The molecule has 0 saturated carbocycles. The summed E-state index contributed by atoms with van der Waals surface area (Å²) < 4.78 is 1.65. The van der Waals surface area contributed by atoms with Crippen LogP contribution in [0.25, 0.3) is 11.0 Å². The Morgan fingerprint density at radius 1 is 1.26 bits per heavy atom. The summed E-state index contributed by atoms with van der Waals surface area (Å²) in [5.41, 5.74) is 1.77. The largest absolute Gasteiger partial charge is 0.345 e. The van der Waals surface area contributed by atoms with Crippen molar-refractivity contribution in [1.82, 2.24) is 19.9 Å². The molecular weight excluding hydrogens is 387 g/mol. The number of carbonyl (C=O) groups excluding carboxylic acids is 1. The molecule has 0 fully saturated rings. The SMILES string of the molecule is CC(NC(=O)c1cnc2c(=O)n3c(nc2c1)CCC3)c1ccc(Cl)c(Cl)c1. The zero-order valence-electron chi connectivity index (χ0n) is 14.5. The lowest BCUT2D eigenvalue weighted by molar-refractivity contribution is 0.0939. The fraction of sp³-hybridized carbons (Fsp3) is 0.263. The summed E-state index contributed by atoms with van der Waals surface area (Å²) in [6.45, 7) is 2.52. The number of nitrogens with zero attached hydrogens (tertiary/aromatic N) is 3. The molecule has 0 spiro atoms. The summed E-state index contributed by atoms with van der Waals surface area (Å²) in [5, 5.41) is 3.79. The number of pyridine rings is 1. The molecule has 1 amide bonds. The van der Waals surface area contributed by atoms with E-state index in [9.17, 15) is 9.59 Å². The molecule has 0 aliphatic carbocycles. The zero-order valence-corrected chi connectivity index (χ0v) is 16.0. The molecule has 2 aromatic heterocycles. The van der Waals surface area contributed by atoms with Crippen molar-refractivity contribution in [3.8, 4) is 0 Å². The lowest BCUT2D eigenvalue weighted by atomic mass is 10.1. The van der Waals surface area contributed by atoms with Gasteiger partial charge in [0.25, 0.3) is 11.5 Å². The van der Waals surface area contributed by atoms with E-state index in [-0.39, 0.29) is 23.0 Å². The van der Waals surface area contributed by atoms with Gasteiger partial charge in [0.05, 0.1) is 27.2 Å². The van der Waals surface area contributed by atoms with Crippen molar-refractivity contribution in [3.05, 3.63) is 67.8 Å². The first-order chi connectivity index (χ1) is 12.9. The number of aryl methyl sites for hydroxylation is 1. The molecule has 1 aliphatic rings. The minimum atomic E-state index is -0.301. The van der Waals surface area contributed by atoms with Crippen LogP contribution in [0.1, 0.15) is 41.1 Å². The maximum absolute atomic E-state index is 12.6. The van der Waals surface area contributed by atoms with Crippen LogP contribution in [-0.2, 0) is 13.0 Å². The maximum atomic E-state index is 12.6. The molecule has 8 heteroatoms. The van der Waals surface area contributed by atoms with E-state index in [2.05, 4.69) is 15.3 Å². The maximum Gasteiger partial charge on any atom is 0.280 e. The van der Waals surface area contributed by atoms with E-state index in [0.29, 0.717) is 27.7 Å². The Morgan fingerprint density at radius 2 is 2.07 bits per heavy atom. The molecular formula is C19H16Cl2N4O2. The molecule has 3 heterocycles. The monoisotopic (exact) mass is 402 g/mol. The predicted molar refractivity (Wildman–Crippen MR) is 104 cm³/mol. The average Bonchev–Trinajstić information content (AvgIpc) is 3.12. The first kappa shape index (κ1) is 17.9. The Bertz CT molecular complexity index is 1130. The number of aromatic nitrogens is 3. The molecule has 1 N–H and O–H groups in total. The van der Waals surface area contributed by atoms with Crippen LogP contribution >= 0.6 is 23.2 Å². The molecule has 27 heavy (non-hydrogen) atoms. The van der Waals surface area contributed by atoms with Gasteiger partial charge in [-0.3, -0.25) is 14.2 Å². The van der Waals surface area contributed by atoms with Gasteiger partial charge in [-0.1, -0.05) is 29.3 Å². The topological polar surface area (TPSA) is 76.9 Å². The summed E-state index contributed by atoms with van der Waals surface area (Å²) in [5.74, 6) is 0.446. The van der Waals surface area contributed by atoms with Gasteiger partial charge in [0.15, 0.2) is 5.52 Å². The smallest absolute Gasteiger partial charge is 0.280 e. The average molecular weight is 403 g/mol. The molecule has 138 valence electrons. The number of benzene rings is 1. The molecule has 1 atom stereocenters. The standard InChI is InChI=1S/C19H16Cl2N4O2/c1-10(11-4-5-13(20)14(21)7-11)23-18(26)12-8-15-17(22-9-12)19(27)25-6-2-3-16(25)24-15/h4-5,7-10H,2-3,6H2,1H3,(H,23,26). The Labute approximate surface area is 165 Å². The van der Waals surface area contributed by atoms with Gasteiger partial charge in [0, 0.05) is 19.2 Å². The van der Waals surface area contributed by atoms with Crippen LogP contribution in [0.3, 0.4) is 0 Å². The quantitative estimate of drug-likeness (QED) is 0.726. The van der Waals surface area contributed by atoms with Crippen LogP contribution < -0.4 is 10.9 Å². The molecule has 4 rings (SSSR count). The van der Waals surface area contributed by atoms with E-state index in [0.717, 1.165) is 24.2 Å². The van der Waals surface area contributed by atoms with Crippen molar-refractivity contribution in [2.75, 3.05) is 0 Å². The number of amides is 1. The highest BCUT2D eigenvalue weighted by atomic mass is 35.5. The number of halogens is 2. The Balaban J connectivity index is 1.61. The summed E-state index contributed by atoms with van der Waals surface area (Å²) in [6, 6.07) is 6.56. The summed E-state index contributed by atoms with van der Waals surface area (Å²) in [7, 11) is 0. The second-order valence-corrected chi connectivity index (χ2v) is 7.36. The van der Waals surface area contributed by atoms with Crippen LogP contribution in [0, 0.1) is 0 Å². The molecule has 0 saturated heterocycles.